The third-order valence-electron chi connectivity index (χ3n) is 4.84. The molecule has 0 fully saturated rings. The summed E-state index contributed by atoms with van der Waals surface area (Å²) in [5, 5.41) is 13.6. The van der Waals surface area contributed by atoms with Crippen LogP contribution >= 0.6 is 11.8 Å². The molecule has 0 radical (unpaired) electrons. The van der Waals surface area contributed by atoms with Gasteiger partial charge >= 0.3 is 5.69 Å². The summed E-state index contributed by atoms with van der Waals surface area (Å²) in [5.74, 6) is -0.844. The molecular formula is C23H24N4O4S. The third kappa shape index (κ3) is 5.00. The lowest BCUT2D eigenvalue weighted by molar-refractivity contribution is -0.113. The van der Waals surface area contributed by atoms with Gasteiger partial charge < -0.3 is 10.4 Å². The summed E-state index contributed by atoms with van der Waals surface area (Å²) in [6.45, 7) is 3.80. The number of aliphatic imine (C=N–C) groups is 1. The molecule has 0 aliphatic heterocycles. The average Bonchev–Trinajstić information content (AvgIpc) is 2.76. The van der Waals surface area contributed by atoms with Crippen LogP contribution in [-0.2, 0) is 18.9 Å². The van der Waals surface area contributed by atoms with Gasteiger partial charge in [0.25, 0.3) is 5.56 Å². The van der Waals surface area contributed by atoms with Crippen LogP contribution in [0, 0.1) is 13.8 Å². The Bertz CT molecular complexity index is 1320. The molecule has 2 N–H and O–H groups in total. The average molecular weight is 453 g/mol. The van der Waals surface area contributed by atoms with E-state index in [-0.39, 0.29) is 22.3 Å². The van der Waals surface area contributed by atoms with E-state index < -0.39 is 17.1 Å². The van der Waals surface area contributed by atoms with Crippen LogP contribution in [0.2, 0.25) is 0 Å². The van der Waals surface area contributed by atoms with E-state index in [9.17, 15) is 19.5 Å². The van der Waals surface area contributed by atoms with Gasteiger partial charge in [-0.3, -0.25) is 18.7 Å². The zero-order valence-electron chi connectivity index (χ0n) is 18.2. The zero-order valence-corrected chi connectivity index (χ0v) is 19.1. The van der Waals surface area contributed by atoms with Gasteiger partial charge in [0, 0.05) is 19.8 Å². The lowest BCUT2D eigenvalue weighted by Crippen LogP contribution is -2.39. The van der Waals surface area contributed by atoms with Crippen LogP contribution < -0.4 is 16.6 Å². The van der Waals surface area contributed by atoms with Gasteiger partial charge in [-0.15, -0.1) is 0 Å². The summed E-state index contributed by atoms with van der Waals surface area (Å²) in [6, 6.07) is 14.7. The molecule has 1 heterocycles. The van der Waals surface area contributed by atoms with Gasteiger partial charge in [-0.25, -0.2) is 9.79 Å². The minimum atomic E-state index is -0.691. The number of aromatic nitrogens is 2. The molecule has 0 bridgehead atoms. The Morgan fingerprint density at radius 3 is 2.47 bits per heavy atom. The molecule has 166 valence electrons. The van der Waals surface area contributed by atoms with Crippen LogP contribution in [0.15, 0.2) is 63.1 Å². The summed E-state index contributed by atoms with van der Waals surface area (Å²) in [7, 11) is 2.69. The lowest BCUT2D eigenvalue weighted by Gasteiger charge is -2.13. The molecule has 32 heavy (non-hydrogen) atoms. The number of benzene rings is 2. The summed E-state index contributed by atoms with van der Waals surface area (Å²) in [4.78, 5) is 42.1. The SMILES string of the molecule is Cc1cccc(N=C(SCC(=O)Nc2ccccc2C)c2c(O)n(C)c(=O)n(C)c2=O)c1. The number of hydrogen-bond donors (Lipinski definition) is 2. The van der Waals surface area contributed by atoms with E-state index in [1.54, 1.807) is 12.1 Å². The van der Waals surface area contributed by atoms with Crippen molar-refractivity contribution in [2.75, 3.05) is 11.1 Å². The van der Waals surface area contributed by atoms with Crippen molar-refractivity contribution in [3.8, 4) is 5.88 Å². The number of thioether (sulfide) groups is 1. The second-order valence-electron chi connectivity index (χ2n) is 7.31. The molecule has 2 aromatic carbocycles. The van der Waals surface area contributed by atoms with E-state index in [1.807, 2.05) is 50.2 Å². The second kappa shape index (κ2) is 9.69. The van der Waals surface area contributed by atoms with Gasteiger partial charge in [-0.05, 0) is 43.2 Å². The number of rotatable bonds is 5. The van der Waals surface area contributed by atoms with Crippen molar-refractivity contribution in [2.24, 2.45) is 19.1 Å². The molecule has 9 heteroatoms. The van der Waals surface area contributed by atoms with Crippen molar-refractivity contribution in [3.05, 3.63) is 86.1 Å². The standard InChI is InChI=1S/C23H24N4O4S/c1-14-8-7-10-16(12-14)24-20(19-21(29)26(3)23(31)27(4)22(19)30)32-13-18(28)25-17-11-6-5-9-15(17)2/h5-12,29H,13H2,1-4H3,(H,25,28). The number of carbonyl (C=O) groups excluding carboxylic acids is 1. The van der Waals surface area contributed by atoms with Crippen LogP contribution in [-0.4, -0.2) is 30.9 Å². The Hall–Kier alpha value is -3.59. The highest BCUT2D eigenvalue weighted by Gasteiger charge is 2.22. The predicted octanol–water partition coefficient (Wildman–Crippen LogP) is 2.86. The summed E-state index contributed by atoms with van der Waals surface area (Å²) in [6.07, 6.45) is 0. The van der Waals surface area contributed by atoms with Gasteiger partial charge in [0.05, 0.1) is 11.4 Å². The predicted molar refractivity (Wildman–Crippen MR) is 128 cm³/mol. The molecule has 0 atom stereocenters. The Morgan fingerprint density at radius 2 is 1.78 bits per heavy atom. The van der Waals surface area contributed by atoms with E-state index in [2.05, 4.69) is 10.3 Å². The fraction of sp³-hybridized carbons (Fsp3) is 0.217. The number of nitrogens with one attached hydrogen (secondary N) is 1. The highest BCUT2D eigenvalue weighted by atomic mass is 32.2. The number of aromatic hydroxyl groups is 1. The van der Waals surface area contributed by atoms with Crippen LogP contribution in [0.5, 0.6) is 5.88 Å². The van der Waals surface area contributed by atoms with Crippen molar-refractivity contribution in [1.82, 2.24) is 9.13 Å². The minimum absolute atomic E-state index is 0.0512. The quantitative estimate of drug-likeness (QED) is 0.457. The second-order valence-corrected chi connectivity index (χ2v) is 8.28. The number of amides is 1. The Labute approximate surface area is 189 Å². The maximum absolute atomic E-state index is 12.8. The van der Waals surface area contributed by atoms with Gasteiger partial charge in [-0.2, -0.15) is 0 Å². The summed E-state index contributed by atoms with van der Waals surface area (Å²) < 4.78 is 1.87. The van der Waals surface area contributed by atoms with E-state index in [0.717, 1.165) is 32.0 Å². The Morgan fingerprint density at radius 1 is 1.06 bits per heavy atom. The highest BCUT2D eigenvalue weighted by molar-refractivity contribution is 8.15. The minimum Gasteiger partial charge on any atom is -0.494 e. The Kier molecular flexibility index (Phi) is 6.99. The summed E-state index contributed by atoms with van der Waals surface area (Å²) in [5.41, 5.74) is 1.65. The van der Waals surface area contributed by atoms with Gasteiger partial charge in [-0.1, -0.05) is 42.1 Å². The fourth-order valence-corrected chi connectivity index (χ4v) is 3.86. The van der Waals surface area contributed by atoms with E-state index >= 15 is 0 Å². The molecular weight excluding hydrogens is 428 g/mol. The Balaban J connectivity index is 2.00. The van der Waals surface area contributed by atoms with Gasteiger partial charge in [0.1, 0.15) is 10.6 Å². The molecule has 1 aromatic heterocycles. The third-order valence-corrected chi connectivity index (χ3v) is 5.81. The maximum atomic E-state index is 12.8. The van der Waals surface area contributed by atoms with E-state index in [0.29, 0.717) is 11.4 Å². The van der Waals surface area contributed by atoms with Crippen LogP contribution in [0.1, 0.15) is 16.7 Å². The van der Waals surface area contributed by atoms with Crippen molar-refractivity contribution < 1.29 is 9.90 Å². The number of carbonyl (C=O) groups is 1. The number of nitrogens with zero attached hydrogens (tertiary/aromatic N) is 3. The van der Waals surface area contributed by atoms with Crippen molar-refractivity contribution >= 4 is 34.1 Å². The highest BCUT2D eigenvalue weighted by Crippen LogP contribution is 2.24. The molecule has 0 aliphatic carbocycles. The first-order valence-corrected chi connectivity index (χ1v) is 10.8. The number of para-hydroxylation sites is 1. The van der Waals surface area contributed by atoms with Crippen molar-refractivity contribution in [2.45, 2.75) is 13.8 Å². The fourth-order valence-electron chi connectivity index (χ4n) is 3.03. The molecule has 0 unspecified atom stereocenters. The molecule has 0 spiro atoms. The van der Waals surface area contributed by atoms with Gasteiger partial charge in [0.2, 0.25) is 11.8 Å². The van der Waals surface area contributed by atoms with Crippen LogP contribution in [0.25, 0.3) is 0 Å². The van der Waals surface area contributed by atoms with Gasteiger partial charge in [0.15, 0.2) is 0 Å². The maximum Gasteiger partial charge on any atom is 0.333 e. The first-order chi connectivity index (χ1) is 15.2. The topological polar surface area (TPSA) is 106 Å². The van der Waals surface area contributed by atoms with E-state index in [4.69, 9.17) is 0 Å². The summed E-state index contributed by atoms with van der Waals surface area (Å²) >= 11 is 1.01. The van der Waals surface area contributed by atoms with Crippen molar-refractivity contribution in [1.29, 1.82) is 0 Å². The number of aryl methyl sites for hydroxylation is 2. The number of anilines is 1. The molecule has 0 aliphatic rings. The number of hydrogen-bond acceptors (Lipinski definition) is 6. The first kappa shape index (κ1) is 23.1. The van der Waals surface area contributed by atoms with Crippen molar-refractivity contribution in [3.63, 3.8) is 0 Å². The molecule has 1 amide bonds. The monoisotopic (exact) mass is 452 g/mol. The lowest BCUT2D eigenvalue weighted by atomic mass is 10.2. The molecule has 0 saturated carbocycles. The normalized spacial score (nSPS) is 11.4. The zero-order chi connectivity index (χ0) is 23.4. The molecule has 8 nitrogen and oxygen atoms in total. The van der Waals surface area contributed by atoms with Crippen LogP contribution in [0.3, 0.4) is 0 Å². The van der Waals surface area contributed by atoms with E-state index in [1.165, 1.54) is 14.1 Å². The smallest absolute Gasteiger partial charge is 0.333 e. The van der Waals surface area contributed by atoms with Crippen LogP contribution in [0.4, 0.5) is 11.4 Å². The molecule has 3 rings (SSSR count). The largest absolute Gasteiger partial charge is 0.494 e. The molecule has 3 aromatic rings. The molecule has 0 saturated heterocycles. The first-order valence-electron chi connectivity index (χ1n) is 9.82.